The lowest BCUT2D eigenvalue weighted by atomic mass is 10.0. The van der Waals surface area contributed by atoms with E-state index in [0.717, 1.165) is 17.1 Å². The lowest BCUT2D eigenvalue weighted by Gasteiger charge is -2.11. The van der Waals surface area contributed by atoms with E-state index >= 15 is 0 Å². The fourth-order valence-electron chi connectivity index (χ4n) is 3.52. The van der Waals surface area contributed by atoms with Crippen molar-refractivity contribution in [2.75, 3.05) is 19.6 Å². The Morgan fingerprint density at radius 3 is 1.11 bits per heavy atom. The molecule has 6 N–H and O–H groups in total. The zero-order valence-electron chi connectivity index (χ0n) is 19.5. The zero-order valence-corrected chi connectivity index (χ0v) is 19.5. The molecule has 0 spiro atoms. The second-order valence-electron chi connectivity index (χ2n) is 8.05. The molecular formula is C24H27N9O3. The molecule has 4 aromatic rings. The fraction of sp³-hybridized carbons (Fsp3) is 0.250. The van der Waals surface area contributed by atoms with Gasteiger partial charge in [0.15, 0.2) is 0 Å². The van der Waals surface area contributed by atoms with Crippen LogP contribution in [0.15, 0.2) is 55.8 Å². The molecule has 0 saturated heterocycles. The normalized spacial score (nSPS) is 10.7. The van der Waals surface area contributed by atoms with E-state index in [0.29, 0.717) is 38.9 Å². The average molecular weight is 490 g/mol. The first kappa shape index (κ1) is 24.4. The summed E-state index contributed by atoms with van der Waals surface area (Å²) in [5.74, 6) is -1.14. The number of hydrogen-bond acceptors (Lipinski definition) is 6. The minimum Gasteiger partial charge on any atom is -0.352 e. The van der Waals surface area contributed by atoms with Crippen molar-refractivity contribution in [1.29, 1.82) is 0 Å². The number of imidazole rings is 3. The molecule has 0 fully saturated rings. The molecule has 0 aliphatic heterocycles. The number of aromatic amines is 3. The number of hydrogen-bond donors (Lipinski definition) is 6. The number of aromatic nitrogens is 6. The van der Waals surface area contributed by atoms with E-state index in [1.54, 1.807) is 37.6 Å². The first-order valence-corrected chi connectivity index (χ1v) is 11.5. The van der Waals surface area contributed by atoms with Gasteiger partial charge in [0.25, 0.3) is 17.7 Å². The molecule has 186 valence electrons. The third-order valence-electron chi connectivity index (χ3n) is 5.42. The Labute approximate surface area is 206 Å². The van der Waals surface area contributed by atoms with Gasteiger partial charge < -0.3 is 30.9 Å². The van der Waals surface area contributed by atoms with E-state index in [1.807, 2.05) is 0 Å². The van der Waals surface area contributed by atoms with E-state index < -0.39 is 0 Å². The summed E-state index contributed by atoms with van der Waals surface area (Å²) < 4.78 is 0. The third-order valence-corrected chi connectivity index (χ3v) is 5.42. The molecule has 0 radical (unpaired) electrons. The summed E-state index contributed by atoms with van der Waals surface area (Å²) in [4.78, 5) is 59.3. The smallest absolute Gasteiger partial charge is 0.251 e. The minimum atomic E-state index is -0.381. The van der Waals surface area contributed by atoms with Crippen LogP contribution < -0.4 is 16.0 Å². The average Bonchev–Trinajstić information content (AvgIpc) is 3.68. The SMILES string of the molecule is O=C(NCCc1cnc[nH]1)c1cc(C(=O)NCCc2cnc[nH]2)cc(C(=O)NCCc2cnc[nH]2)c1. The Morgan fingerprint density at radius 2 is 0.861 bits per heavy atom. The van der Waals surface area contributed by atoms with Gasteiger partial charge in [-0.05, 0) is 18.2 Å². The highest BCUT2D eigenvalue weighted by Crippen LogP contribution is 2.12. The highest BCUT2D eigenvalue weighted by molar-refractivity contribution is 6.04. The highest BCUT2D eigenvalue weighted by atomic mass is 16.2. The van der Waals surface area contributed by atoms with Crippen molar-refractivity contribution in [1.82, 2.24) is 45.9 Å². The van der Waals surface area contributed by atoms with Gasteiger partial charge in [-0.1, -0.05) is 0 Å². The van der Waals surface area contributed by atoms with Crippen LogP contribution in [0, 0.1) is 0 Å². The van der Waals surface area contributed by atoms with Crippen LogP contribution in [0.4, 0.5) is 0 Å². The van der Waals surface area contributed by atoms with Crippen LogP contribution in [-0.2, 0) is 19.3 Å². The van der Waals surface area contributed by atoms with Crippen LogP contribution in [0.5, 0.6) is 0 Å². The van der Waals surface area contributed by atoms with Crippen LogP contribution in [0.3, 0.4) is 0 Å². The monoisotopic (exact) mass is 489 g/mol. The molecule has 0 aliphatic rings. The van der Waals surface area contributed by atoms with Crippen LogP contribution in [0.1, 0.15) is 48.2 Å². The van der Waals surface area contributed by atoms with E-state index in [-0.39, 0.29) is 34.4 Å². The quantitative estimate of drug-likeness (QED) is 0.171. The van der Waals surface area contributed by atoms with Gasteiger partial charge in [0.1, 0.15) is 0 Å². The Kier molecular flexibility index (Phi) is 8.20. The van der Waals surface area contributed by atoms with E-state index in [1.165, 1.54) is 18.2 Å². The molecule has 0 unspecified atom stereocenters. The molecule has 36 heavy (non-hydrogen) atoms. The maximum atomic E-state index is 12.8. The van der Waals surface area contributed by atoms with Crippen molar-refractivity contribution in [2.45, 2.75) is 19.3 Å². The Bertz CT molecular complexity index is 1100. The number of rotatable bonds is 12. The van der Waals surface area contributed by atoms with Crippen molar-refractivity contribution in [3.63, 3.8) is 0 Å². The molecule has 0 aliphatic carbocycles. The standard InChI is InChI=1S/C24H27N9O3/c34-22(28-4-1-19-10-25-13-31-19)16-7-17(23(35)29-5-2-20-11-26-14-32-20)9-18(8-16)24(36)30-6-3-21-12-27-15-33-21/h7-15H,1-6H2,(H,25,31)(H,26,32)(H,27,33)(H,28,34)(H,29,35)(H,30,36). The van der Waals surface area contributed by atoms with Gasteiger partial charge in [-0.2, -0.15) is 0 Å². The number of carbonyl (C=O) groups excluding carboxylic acids is 3. The minimum absolute atomic E-state index is 0.222. The number of benzene rings is 1. The molecule has 0 atom stereocenters. The van der Waals surface area contributed by atoms with Gasteiger partial charge in [0, 0.05) is 91.3 Å². The lowest BCUT2D eigenvalue weighted by Crippen LogP contribution is -2.30. The molecule has 12 nitrogen and oxygen atoms in total. The number of nitrogens with one attached hydrogen (secondary N) is 6. The van der Waals surface area contributed by atoms with Crippen LogP contribution in [0.25, 0.3) is 0 Å². The van der Waals surface area contributed by atoms with Crippen molar-refractivity contribution >= 4 is 17.7 Å². The largest absolute Gasteiger partial charge is 0.352 e. The summed E-state index contributed by atoms with van der Waals surface area (Å²) >= 11 is 0. The zero-order chi connectivity index (χ0) is 25.2. The Hall–Kier alpha value is -4.74. The van der Waals surface area contributed by atoms with Gasteiger partial charge in [0.2, 0.25) is 0 Å². The lowest BCUT2D eigenvalue weighted by molar-refractivity contribution is 0.0953. The van der Waals surface area contributed by atoms with Gasteiger partial charge in [0.05, 0.1) is 19.0 Å². The Balaban J connectivity index is 1.43. The molecule has 4 rings (SSSR count). The summed E-state index contributed by atoms with van der Waals surface area (Å²) in [7, 11) is 0. The van der Waals surface area contributed by atoms with Crippen molar-refractivity contribution in [3.8, 4) is 0 Å². The van der Waals surface area contributed by atoms with Gasteiger partial charge in [-0.15, -0.1) is 0 Å². The molecule has 3 heterocycles. The Morgan fingerprint density at radius 1 is 0.556 bits per heavy atom. The summed E-state index contributed by atoms with van der Waals surface area (Å²) in [6, 6.07) is 4.45. The molecule has 12 heteroatoms. The highest BCUT2D eigenvalue weighted by Gasteiger charge is 2.16. The predicted molar refractivity (Wildman–Crippen MR) is 130 cm³/mol. The van der Waals surface area contributed by atoms with Crippen molar-refractivity contribution < 1.29 is 14.4 Å². The van der Waals surface area contributed by atoms with Crippen LogP contribution in [-0.4, -0.2) is 67.3 Å². The maximum Gasteiger partial charge on any atom is 0.251 e. The number of carbonyl (C=O) groups is 3. The van der Waals surface area contributed by atoms with Crippen LogP contribution >= 0.6 is 0 Å². The van der Waals surface area contributed by atoms with E-state index in [4.69, 9.17) is 0 Å². The van der Waals surface area contributed by atoms with Crippen molar-refractivity contribution in [2.24, 2.45) is 0 Å². The second kappa shape index (κ2) is 12.1. The van der Waals surface area contributed by atoms with Crippen LogP contribution in [0.2, 0.25) is 0 Å². The molecule has 0 bridgehead atoms. The van der Waals surface area contributed by atoms with Gasteiger partial charge in [-0.3, -0.25) is 14.4 Å². The second-order valence-corrected chi connectivity index (χ2v) is 8.05. The van der Waals surface area contributed by atoms with E-state index in [9.17, 15) is 14.4 Å². The van der Waals surface area contributed by atoms with Crippen molar-refractivity contribution in [3.05, 3.63) is 89.5 Å². The summed E-state index contributed by atoms with van der Waals surface area (Å²) in [5.41, 5.74) is 3.33. The number of H-pyrrole nitrogens is 3. The summed E-state index contributed by atoms with van der Waals surface area (Å²) in [6.07, 6.45) is 11.5. The molecule has 0 saturated carbocycles. The predicted octanol–water partition coefficient (Wildman–Crippen LogP) is 0.773. The first-order chi connectivity index (χ1) is 17.6. The maximum absolute atomic E-state index is 12.8. The third kappa shape index (κ3) is 6.88. The first-order valence-electron chi connectivity index (χ1n) is 11.5. The number of nitrogens with zero attached hydrogens (tertiary/aromatic N) is 3. The topological polar surface area (TPSA) is 173 Å². The molecule has 1 aromatic carbocycles. The molecular weight excluding hydrogens is 462 g/mol. The van der Waals surface area contributed by atoms with Gasteiger partial charge in [-0.25, -0.2) is 15.0 Å². The van der Waals surface area contributed by atoms with E-state index in [2.05, 4.69) is 45.9 Å². The fourth-order valence-corrected chi connectivity index (χ4v) is 3.52. The summed E-state index contributed by atoms with van der Waals surface area (Å²) in [6.45, 7) is 1.11. The summed E-state index contributed by atoms with van der Waals surface area (Å²) in [5, 5.41) is 8.46. The molecule has 3 amide bonds. The molecule has 3 aromatic heterocycles. The number of amides is 3. The van der Waals surface area contributed by atoms with Gasteiger partial charge >= 0.3 is 0 Å².